The van der Waals surface area contributed by atoms with Crippen LogP contribution in [0.15, 0.2) is 23.7 Å². The van der Waals surface area contributed by atoms with E-state index >= 15 is 0 Å². The van der Waals surface area contributed by atoms with Gasteiger partial charge in [0.15, 0.2) is 0 Å². The van der Waals surface area contributed by atoms with Crippen molar-refractivity contribution in [3.8, 4) is 0 Å². The van der Waals surface area contributed by atoms with Gasteiger partial charge in [-0.05, 0) is 24.3 Å². The zero-order valence-electron chi connectivity index (χ0n) is 9.30. The monoisotopic (exact) mass is 283 g/mol. The summed E-state index contributed by atoms with van der Waals surface area (Å²) in [6.07, 6.45) is 2.53. The van der Waals surface area contributed by atoms with E-state index in [1.54, 1.807) is 11.3 Å². The molecule has 0 saturated carbocycles. The van der Waals surface area contributed by atoms with Gasteiger partial charge in [0.25, 0.3) is 0 Å². The van der Waals surface area contributed by atoms with Crippen LogP contribution in [-0.2, 0) is 12.8 Å². The molecule has 0 bridgehead atoms. The van der Waals surface area contributed by atoms with E-state index in [4.69, 9.17) is 17.3 Å². The molecule has 2 rings (SSSR count). The molecule has 0 aliphatic heterocycles. The standard InChI is InChI=1S/C11H10ClN3O2S/c12-11-10(15(16)17)8(9(13)6-14-11)4-3-7-2-1-5-18-7/h1-2,5-6H,3-4,13H2. The third-order valence-electron chi connectivity index (χ3n) is 2.53. The Hall–Kier alpha value is -1.66. The summed E-state index contributed by atoms with van der Waals surface area (Å²) in [5, 5.41) is 12.8. The number of pyridine rings is 1. The Bertz CT molecular complexity index is 572. The van der Waals surface area contributed by atoms with Gasteiger partial charge in [0.2, 0.25) is 5.15 Å². The molecular formula is C11H10ClN3O2S. The van der Waals surface area contributed by atoms with Crippen molar-refractivity contribution in [1.29, 1.82) is 0 Å². The first-order chi connectivity index (χ1) is 8.59. The number of nitrogen functional groups attached to an aromatic ring is 1. The molecule has 0 spiro atoms. The van der Waals surface area contributed by atoms with Crippen LogP contribution in [0.25, 0.3) is 0 Å². The van der Waals surface area contributed by atoms with Gasteiger partial charge in [0.05, 0.1) is 22.4 Å². The molecule has 0 atom stereocenters. The molecule has 0 aromatic carbocycles. The van der Waals surface area contributed by atoms with Gasteiger partial charge in [0, 0.05) is 4.88 Å². The number of nitrogens with two attached hydrogens (primary N) is 1. The molecule has 2 heterocycles. The summed E-state index contributed by atoms with van der Waals surface area (Å²) >= 11 is 7.36. The van der Waals surface area contributed by atoms with Gasteiger partial charge < -0.3 is 5.73 Å². The predicted molar refractivity (Wildman–Crippen MR) is 72.0 cm³/mol. The summed E-state index contributed by atoms with van der Waals surface area (Å²) in [4.78, 5) is 15.3. The second kappa shape index (κ2) is 5.32. The van der Waals surface area contributed by atoms with Crippen LogP contribution in [0.4, 0.5) is 11.4 Å². The lowest BCUT2D eigenvalue weighted by atomic mass is 10.1. The first kappa shape index (κ1) is 12.8. The van der Waals surface area contributed by atoms with Crippen molar-refractivity contribution in [2.24, 2.45) is 0 Å². The minimum atomic E-state index is -0.532. The van der Waals surface area contributed by atoms with Gasteiger partial charge in [-0.2, -0.15) is 0 Å². The maximum absolute atomic E-state index is 11.0. The summed E-state index contributed by atoms with van der Waals surface area (Å²) < 4.78 is 0. The van der Waals surface area contributed by atoms with Gasteiger partial charge in [-0.15, -0.1) is 11.3 Å². The van der Waals surface area contributed by atoms with Crippen LogP contribution < -0.4 is 5.73 Å². The highest BCUT2D eigenvalue weighted by atomic mass is 35.5. The maximum atomic E-state index is 11.0. The van der Waals surface area contributed by atoms with Crippen molar-refractivity contribution in [3.05, 3.63) is 49.4 Å². The fourth-order valence-electron chi connectivity index (χ4n) is 1.68. The molecule has 0 radical (unpaired) electrons. The topological polar surface area (TPSA) is 82.0 Å². The molecule has 94 valence electrons. The lowest BCUT2D eigenvalue weighted by molar-refractivity contribution is -0.385. The van der Waals surface area contributed by atoms with Crippen LogP contribution >= 0.6 is 22.9 Å². The first-order valence-corrected chi connectivity index (χ1v) is 6.45. The van der Waals surface area contributed by atoms with Crippen molar-refractivity contribution in [3.63, 3.8) is 0 Å². The molecule has 5 nitrogen and oxygen atoms in total. The third kappa shape index (κ3) is 2.60. The van der Waals surface area contributed by atoms with Crippen molar-refractivity contribution < 1.29 is 4.92 Å². The molecule has 0 unspecified atom stereocenters. The minimum absolute atomic E-state index is 0.115. The predicted octanol–water partition coefficient (Wildman–Crippen LogP) is 3.07. The summed E-state index contributed by atoms with van der Waals surface area (Å²) in [6, 6.07) is 3.92. The second-order valence-electron chi connectivity index (χ2n) is 3.67. The highest BCUT2D eigenvalue weighted by Crippen LogP contribution is 2.31. The Morgan fingerprint density at radius 2 is 2.28 bits per heavy atom. The van der Waals surface area contributed by atoms with Gasteiger partial charge in [0.1, 0.15) is 0 Å². The molecule has 2 aromatic heterocycles. The average Bonchev–Trinajstić information content (AvgIpc) is 2.82. The summed E-state index contributed by atoms with van der Waals surface area (Å²) in [7, 11) is 0. The van der Waals surface area contributed by atoms with Crippen LogP contribution in [0.5, 0.6) is 0 Å². The number of aryl methyl sites for hydroxylation is 1. The molecule has 0 saturated heterocycles. The molecular weight excluding hydrogens is 274 g/mol. The van der Waals surface area contributed by atoms with E-state index in [1.165, 1.54) is 6.20 Å². The summed E-state index contributed by atoms with van der Waals surface area (Å²) in [6.45, 7) is 0. The zero-order chi connectivity index (χ0) is 13.1. The number of anilines is 1. The van der Waals surface area contributed by atoms with E-state index in [9.17, 15) is 10.1 Å². The fourth-order valence-corrected chi connectivity index (χ4v) is 2.62. The Morgan fingerprint density at radius 1 is 1.50 bits per heavy atom. The quantitative estimate of drug-likeness (QED) is 0.531. The zero-order valence-corrected chi connectivity index (χ0v) is 10.9. The lowest BCUT2D eigenvalue weighted by Gasteiger charge is -2.06. The van der Waals surface area contributed by atoms with E-state index in [2.05, 4.69) is 4.98 Å². The van der Waals surface area contributed by atoms with Crippen LogP contribution in [0.1, 0.15) is 10.4 Å². The summed E-state index contributed by atoms with van der Waals surface area (Å²) in [5.74, 6) is 0. The normalized spacial score (nSPS) is 10.5. The Labute approximate surface area is 112 Å². The van der Waals surface area contributed by atoms with E-state index in [1.807, 2.05) is 17.5 Å². The maximum Gasteiger partial charge on any atom is 0.311 e. The number of rotatable bonds is 4. The number of nitrogens with zero attached hydrogens (tertiary/aromatic N) is 2. The van der Waals surface area contributed by atoms with Gasteiger partial charge >= 0.3 is 5.69 Å². The molecule has 0 amide bonds. The highest BCUT2D eigenvalue weighted by Gasteiger charge is 2.22. The molecule has 7 heteroatoms. The second-order valence-corrected chi connectivity index (χ2v) is 5.06. The van der Waals surface area contributed by atoms with Crippen LogP contribution in [-0.4, -0.2) is 9.91 Å². The lowest BCUT2D eigenvalue weighted by Crippen LogP contribution is -2.04. The molecule has 2 N–H and O–H groups in total. The molecule has 0 aliphatic carbocycles. The van der Waals surface area contributed by atoms with Crippen LogP contribution in [0.2, 0.25) is 5.15 Å². The number of hydrogen-bond donors (Lipinski definition) is 1. The van der Waals surface area contributed by atoms with Crippen LogP contribution in [0.3, 0.4) is 0 Å². The van der Waals surface area contributed by atoms with Crippen molar-refractivity contribution in [2.45, 2.75) is 12.8 Å². The third-order valence-corrected chi connectivity index (χ3v) is 3.74. The molecule has 0 fully saturated rings. The first-order valence-electron chi connectivity index (χ1n) is 5.19. The van der Waals surface area contributed by atoms with E-state index in [0.29, 0.717) is 24.1 Å². The van der Waals surface area contributed by atoms with E-state index in [-0.39, 0.29) is 10.8 Å². The summed E-state index contributed by atoms with van der Waals surface area (Å²) in [5.41, 5.74) is 6.32. The number of hydrogen-bond acceptors (Lipinski definition) is 5. The number of halogens is 1. The number of thiophene rings is 1. The van der Waals surface area contributed by atoms with Crippen LogP contribution in [0, 0.1) is 10.1 Å². The van der Waals surface area contributed by atoms with Gasteiger partial charge in [-0.3, -0.25) is 10.1 Å². The molecule has 0 aliphatic rings. The van der Waals surface area contributed by atoms with Crippen molar-refractivity contribution in [2.75, 3.05) is 5.73 Å². The number of nitro groups is 1. The molecule has 18 heavy (non-hydrogen) atoms. The Balaban J connectivity index is 2.31. The largest absolute Gasteiger partial charge is 0.397 e. The highest BCUT2D eigenvalue weighted by molar-refractivity contribution is 7.09. The van der Waals surface area contributed by atoms with Gasteiger partial charge in [-0.1, -0.05) is 17.7 Å². The molecule has 2 aromatic rings. The van der Waals surface area contributed by atoms with Gasteiger partial charge in [-0.25, -0.2) is 4.98 Å². The average molecular weight is 284 g/mol. The van der Waals surface area contributed by atoms with E-state index in [0.717, 1.165) is 4.88 Å². The Kier molecular flexibility index (Phi) is 3.78. The fraction of sp³-hybridized carbons (Fsp3) is 0.182. The smallest absolute Gasteiger partial charge is 0.311 e. The van der Waals surface area contributed by atoms with E-state index < -0.39 is 4.92 Å². The number of aromatic nitrogens is 1. The van der Waals surface area contributed by atoms with Crippen molar-refractivity contribution in [1.82, 2.24) is 4.98 Å². The minimum Gasteiger partial charge on any atom is -0.397 e. The SMILES string of the molecule is Nc1cnc(Cl)c([N+](=O)[O-])c1CCc1cccs1. The Morgan fingerprint density at radius 3 is 2.89 bits per heavy atom. The van der Waals surface area contributed by atoms with Crippen molar-refractivity contribution >= 4 is 34.3 Å².